The molecule has 0 aromatic carbocycles. The number of aliphatic hydroxyl groups is 2. The number of halogens is 2. The minimum Gasteiger partial charge on any atom is -0.389 e. The Morgan fingerprint density at radius 2 is 2.13 bits per heavy atom. The third kappa shape index (κ3) is 2.92. The van der Waals surface area contributed by atoms with Crippen molar-refractivity contribution in [1.82, 2.24) is 10.3 Å². The zero-order valence-electron chi connectivity index (χ0n) is 8.11. The molecule has 0 radical (unpaired) electrons. The first kappa shape index (κ1) is 12.0. The molecule has 0 spiro atoms. The molecule has 0 fully saturated rings. The van der Waals surface area contributed by atoms with E-state index < -0.39 is 24.0 Å². The minimum absolute atomic E-state index is 0.0386. The number of nitrogens with zero attached hydrogens (tertiary/aromatic N) is 1. The first-order valence-electron chi connectivity index (χ1n) is 4.38. The Morgan fingerprint density at radius 3 is 2.67 bits per heavy atom. The molecule has 2 atom stereocenters. The maximum absolute atomic E-state index is 12.7. The lowest BCUT2D eigenvalue weighted by Gasteiger charge is -2.17. The second-order valence-corrected chi connectivity index (χ2v) is 3.11. The van der Waals surface area contributed by atoms with E-state index >= 15 is 0 Å². The predicted octanol–water partition coefficient (Wildman–Crippen LogP) is -0.0265. The summed E-state index contributed by atoms with van der Waals surface area (Å²) in [4.78, 5) is 3.11. The van der Waals surface area contributed by atoms with Crippen molar-refractivity contribution in [2.75, 3.05) is 13.6 Å². The number of likely N-dealkylation sites (N-methyl/N-ethyl adjacent to an activating group) is 1. The molecule has 1 aromatic heterocycles. The van der Waals surface area contributed by atoms with E-state index in [1.54, 1.807) is 7.05 Å². The van der Waals surface area contributed by atoms with Crippen molar-refractivity contribution in [3.63, 3.8) is 0 Å². The Kier molecular flexibility index (Phi) is 4.07. The summed E-state index contributed by atoms with van der Waals surface area (Å²) in [6.07, 6.45) is -1.40. The summed E-state index contributed by atoms with van der Waals surface area (Å²) in [6, 6.07) is 0.811. The van der Waals surface area contributed by atoms with Gasteiger partial charge >= 0.3 is 0 Å². The number of nitrogens with one attached hydrogen (secondary N) is 1. The Bertz CT molecular complexity index is 336. The van der Waals surface area contributed by atoms with E-state index in [2.05, 4.69) is 10.3 Å². The van der Waals surface area contributed by atoms with Gasteiger partial charge in [-0.15, -0.1) is 0 Å². The van der Waals surface area contributed by atoms with Crippen molar-refractivity contribution < 1.29 is 19.0 Å². The average molecular weight is 218 g/mol. The van der Waals surface area contributed by atoms with Crippen LogP contribution in [-0.4, -0.2) is 34.9 Å². The molecule has 1 rings (SSSR count). The summed E-state index contributed by atoms with van der Waals surface area (Å²) >= 11 is 0. The summed E-state index contributed by atoms with van der Waals surface area (Å²) in [7, 11) is 1.60. The molecule has 0 amide bonds. The summed E-state index contributed by atoms with van der Waals surface area (Å²) in [5.41, 5.74) is 0.0386. The van der Waals surface area contributed by atoms with Gasteiger partial charge in [0.15, 0.2) is 5.82 Å². The Morgan fingerprint density at radius 1 is 1.47 bits per heavy atom. The molecule has 0 bridgehead atoms. The average Bonchev–Trinajstić information content (AvgIpc) is 2.21. The van der Waals surface area contributed by atoms with Crippen molar-refractivity contribution in [1.29, 1.82) is 0 Å². The van der Waals surface area contributed by atoms with Crippen LogP contribution in [0.2, 0.25) is 0 Å². The van der Waals surface area contributed by atoms with Gasteiger partial charge in [0.25, 0.3) is 0 Å². The number of aliphatic hydroxyl groups excluding tert-OH is 2. The SMILES string of the molecule is CNCC(O)C(O)c1cnc(F)c(F)c1. The maximum Gasteiger partial charge on any atom is 0.248 e. The molecule has 1 heterocycles. The van der Waals surface area contributed by atoms with E-state index in [9.17, 15) is 19.0 Å². The fraction of sp³-hybridized carbons (Fsp3) is 0.444. The summed E-state index contributed by atoms with van der Waals surface area (Å²) < 4.78 is 25.2. The van der Waals surface area contributed by atoms with Crippen LogP contribution >= 0.6 is 0 Å². The molecule has 0 aliphatic carbocycles. The zero-order valence-corrected chi connectivity index (χ0v) is 8.11. The van der Waals surface area contributed by atoms with Crippen molar-refractivity contribution in [3.8, 4) is 0 Å². The van der Waals surface area contributed by atoms with Gasteiger partial charge in [-0.25, -0.2) is 9.37 Å². The van der Waals surface area contributed by atoms with Gasteiger partial charge in [-0.05, 0) is 13.1 Å². The molecule has 84 valence electrons. The molecule has 2 unspecified atom stereocenters. The van der Waals surface area contributed by atoms with Crippen LogP contribution in [0.4, 0.5) is 8.78 Å². The largest absolute Gasteiger partial charge is 0.389 e. The third-order valence-electron chi connectivity index (χ3n) is 1.94. The van der Waals surface area contributed by atoms with Crippen molar-refractivity contribution >= 4 is 0 Å². The molecular weight excluding hydrogens is 206 g/mol. The standard InChI is InChI=1S/C9H12F2N2O2/c1-12-4-7(14)8(15)5-2-6(10)9(11)13-3-5/h2-3,7-8,12,14-15H,4H2,1H3. The minimum atomic E-state index is -1.29. The van der Waals surface area contributed by atoms with E-state index in [1.165, 1.54) is 0 Å². The van der Waals surface area contributed by atoms with Crippen molar-refractivity contribution in [3.05, 3.63) is 29.6 Å². The van der Waals surface area contributed by atoms with E-state index in [-0.39, 0.29) is 12.1 Å². The molecule has 0 aliphatic heterocycles. The lowest BCUT2D eigenvalue weighted by Crippen LogP contribution is -2.29. The monoisotopic (exact) mass is 218 g/mol. The van der Waals surface area contributed by atoms with Crippen LogP contribution in [-0.2, 0) is 0 Å². The second kappa shape index (κ2) is 5.11. The zero-order chi connectivity index (χ0) is 11.4. The second-order valence-electron chi connectivity index (χ2n) is 3.11. The number of rotatable bonds is 4. The van der Waals surface area contributed by atoms with Crippen LogP contribution in [0.3, 0.4) is 0 Å². The number of hydrogen-bond acceptors (Lipinski definition) is 4. The van der Waals surface area contributed by atoms with Crippen LogP contribution in [0, 0.1) is 11.8 Å². The van der Waals surface area contributed by atoms with Crippen LogP contribution in [0.15, 0.2) is 12.3 Å². The molecule has 0 saturated heterocycles. The van der Waals surface area contributed by atoms with Gasteiger partial charge in [0.05, 0.1) is 6.10 Å². The third-order valence-corrected chi connectivity index (χ3v) is 1.94. The first-order valence-corrected chi connectivity index (χ1v) is 4.38. The summed E-state index contributed by atoms with van der Waals surface area (Å²) in [6.45, 7) is 0.139. The fourth-order valence-electron chi connectivity index (χ4n) is 1.14. The van der Waals surface area contributed by atoms with Gasteiger partial charge in [0, 0.05) is 18.3 Å². The van der Waals surface area contributed by atoms with Gasteiger partial charge in [0.1, 0.15) is 6.10 Å². The van der Waals surface area contributed by atoms with Crippen LogP contribution in [0.5, 0.6) is 0 Å². The number of pyridine rings is 1. The molecule has 0 aliphatic rings. The fourth-order valence-corrected chi connectivity index (χ4v) is 1.14. The van der Waals surface area contributed by atoms with Crippen LogP contribution in [0.1, 0.15) is 11.7 Å². The Balaban J connectivity index is 2.81. The smallest absolute Gasteiger partial charge is 0.248 e. The van der Waals surface area contributed by atoms with E-state index in [0.29, 0.717) is 0 Å². The van der Waals surface area contributed by atoms with Gasteiger partial charge < -0.3 is 15.5 Å². The van der Waals surface area contributed by atoms with E-state index in [4.69, 9.17) is 0 Å². The highest BCUT2D eigenvalue weighted by Crippen LogP contribution is 2.17. The molecule has 6 heteroatoms. The summed E-state index contributed by atoms with van der Waals surface area (Å²) in [5, 5.41) is 21.5. The quantitative estimate of drug-likeness (QED) is 0.621. The molecule has 3 N–H and O–H groups in total. The number of aromatic nitrogens is 1. The van der Waals surface area contributed by atoms with Gasteiger partial charge in [0.2, 0.25) is 5.95 Å². The van der Waals surface area contributed by atoms with Crippen LogP contribution in [0.25, 0.3) is 0 Å². The molecular formula is C9H12F2N2O2. The molecule has 15 heavy (non-hydrogen) atoms. The van der Waals surface area contributed by atoms with E-state index in [0.717, 1.165) is 12.3 Å². The molecule has 0 saturated carbocycles. The van der Waals surface area contributed by atoms with Gasteiger partial charge in [-0.3, -0.25) is 0 Å². The topological polar surface area (TPSA) is 65.4 Å². The van der Waals surface area contributed by atoms with Crippen molar-refractivity contribution in [2.45, 2.75) is 12.2 Å². The van der Waals surface area contributed by atoms with Gasteiger partial charge in [-0.2, -0.15) is 4.39 Å². The van der Waals surface area contributed by atoms with Crippen LogP contribution < -0.4 is 5.32 Å². The molecule has 1 aromatic rings. The predicted molar refractivity (Wildman–Crippen MR) is 49.0 cm³/mol. The highest BCUT2D eigenvalue weighted by molar-refractivity contribution is 5.15. The van der Waals surface area contributed by atoms with Gasteiger partial charge in [-0.1, -0.05) is 0 Å². The number of hydrogen-bond donors (Lipinski definition) is 3. The lowest BCUT2D eigenvalue weighted by molar-refractivity contribution is 0.0197. The molecule has 4 nitrogen and oxygen atoms in total. The highest BCUT2D eigenvalue weighted by Gasteiger charge is 2.19. The normalized spacial score (nSPS) is 15.0. The highest BCUT2D eigenvalue weighted by atomic mass is 19.2. The van der Waals surface area contributed by atoms with Crippen molar-refractivity contribution in [2.24, 2.45) is 0 Å². The Hall–Kier alpha value is -1.11. The lowest BCUT2D eigenvalue weighted by atomic mass is 10.1. The Labute approximate surface area is 85.6 Å². The maximum atomic E-state index is 12.7. The summed E-state index contributed by atoms with van der Waals surface area (Å²) in [5.74, 6) is -2.38. The van der Waals surface area contributed by atoms with E-state index in [1.807, 2.05) is 0 Å². The first-order chi connectivity index (χ1) is 7.06.